The highest BCUT2D eigenvalue weighted by Gasteiger charge is 2.21. The van der Waals surface area contributed by atoms with E-state index in [4.69, 9.17) is 0 Å². The first-order valence-corrected chi connectivity index (χ1v) is 7.08. The van der Waals surface area contributed by atoms with Gasteiger partial charge < -0.3 is 9.55 Å². The molecule has 4 rings (SSSR count). The van der Waals surface area contributed by atoms with Gasteiger partial charge in [-0.05, 0) is 18.1 Å². The first-order valence-electron chi connectivity index (χ1n) is 7.08. The van der Waals surface area contributed by atoms with Gasteiger partial charge >= 0.3 is 0 Å². The second kappa shape index (κ2) is 4.49. The number of hydrogen-bond acceptors (Lipinski definition) is 2. The standard InChI is InChI=1S/C16H18N4/c1-19-9-7-17-16(19)11-20-8-6-13-12-4-2-3-5-14(12)18-15(13)10-20/h2-5,7,9,18H,6,8,10-11H2,1H3. The lowest BCUT2D eigenvalue weighted by molar-refractivity contribution is 0.235. The van der Waals surface area contributed by atoms with E-state index in [-0.39, 0.29) is 0 Å². The van der Waals surface area contributed by atoms with Crippen LogP contribution < -0.4 is 0 Å². The number of aryl methyl sites for hydroxylation is 1. The fraction of sp³-hybridized carbons (Fsp3) is 0.312. The molecule has 4 heteroatoms. The topological polar surface area (TPSA) is 36.9 Å². The number of nitrogens with zero attached hydrogens (tertiary/aromatic N) is 3. The summed E-state index contributed by atoms with van der Waals surface area (Å²) in [5, 5.41) is 1.39. The lowest BCUT2D eigenvalue weighted by Crippen LogP contribution is -2.30. The van der Waals surface area contributed by atoms with Gasteiger partial charge in [0.15, 0.2) is 0 Å². The number of aromatic amines is 1. The van der Waals surface area contributed by atoms with Crippen molar-refractivity contribution in [1.82, 2.24) is 19.4 Å². The summed E-state index contributed by atoms with van der Waals surface area (Å²) in [5.74, 6) is 1.13. The molecule has 3 heterocycles. The second-order valence-electron chi connectivity index (χ2n) is 5.54. The molecule has 2 aromatic heterocycles. The molecule has 4 nitrogen and oxygen atoms in total. The van der Waals surface area contributed by atoms with Crippen LogP contribution >= 0.6 is 0 Å². The van der Waals surface area contributed by atoms with Gasteiger partial charge in [-0.1, -0.05) is 18.2 Å². The number of para-hydroxylation sites is 1. The average molecular weight is 266 g/mol. The summed E-state index contributed by atoms with van der Waals surface area (Å²) < 4.78 is 2.10. The molecule has 1 aromatic carbocycles. The highest BCUT2D eigenvalue weighted by atomic mass is 15.2. The maximum Gasteiger partial charge on any atom is 0.122 e. The van der Waals surface area contributed by atoms with Gasteiger partial charge in [-0.25, -0.2) is 4.98 Å². The van der Waals surface area contributed by atoms with Gasteiger partial charge in [-0.2, -0.15) is 0 Å². The first kappa shape index (κ1) is 11.7. The third-order valence-corrected chi connectivity index (χ3v) is 4.25. The molecule has 3 aromatic rings. The number of fused-ring (bicyclic) bond motifs is 3. The summed E-state index contributed by atoms with van der Waals surface area (Å²) in [4.78, 5) is 10.4. The van der Waals surface area contributed by atoms with Crippen molar-refractivity contribution in [3.63, 3.8) is 0 Å². The quantitative estimate of drug-likeness (QED) is 0.773. The van der Waals surface area contributed by atoms with Crippen LogP contribution in [0.2, 0.25) is 0 Å². The number of imidazole rings is 1. The van der Waals surface area contributed by atoms with Crippen molar-refractivity contribution in [2.24, 2.45) is 7.05 Å². The van der Waals surface area contributed by atoms with Gasteiger partial charge in [-0.3, -0.25) is 4.90 Å². The maximum absolute atomic E-state index is 4.42. The minimum atomic E-state index is 0.915. The molecule has 20 heavy (non-hydrogen) atoms. The zero-order chi connectivity index (χ0) is 13.5. The Labute approximate surface area is 118 Å². The number of hydrogen-bond donors (Lipinski definition) is 1. The normalized spacial score (nSPS) is 15.7. The zero-order valence-corrected chi connectivity index (χ0v) is 11.6. The molecule has 0 fully saturated rings. The van der Waals surface area contributed by atoms with Crippen LogP contribution in [0.4, 0.5) is 0 Å². The average Bonchev–Trinajstić information content (AvgIpc) is 3.02. The van der Waals surface area contributed by atoms with Crippen molar-refractivity contribution in [3.8, 4) is 0 Å². The maximum atomic E-state index is 4.42. The molecule has 0 saturated heterocycles. The molecule has 1 aliphatic heterocycles. The molecule has 0 amide bonds. The molecular formula is C16H18N4. The minimum absolute atomic E-state index is 0.915. The Bertz CT molecular complexity index is 753. The molecule has 102 valence electrons. The molecule has 0 radical (unpaired) electrons. The predicted molar refractivity (Wildman–Crippen MR) is 79.3 cm³/mol. The fourth-order valence-corrected chi connectivity index (χ4v) is 3.13. The summed E-state index contributed by atoms with van der Waals surface area (Å²) in [6.45, 7) is 3.00. The van der Waals surface area contributed by atoms with E-state index in [9.17, 15) is 0 Å². The number of rotatable bonds is 2. The van der Waals surface area contributed by atoms with E-state index in [1.807, 2.05) is 12.4 Å². The Balaban J connectivity index is 1.62. The van der Waals surface area contributed by atoms with E-state index in [1.165, 1.54) is 22.2 Å². The van der Waals surface area contributed by atoms with Crippen molar-refractivity contribution in [2.45, 2.75) is 19.5 Å². The molecule has 0 unspecified atom stereocenters. The van der Waals surface area contributed by atoms with E-state index in [2.05, 4.69) is 50.7 Å². The SMILES string of the molecule is Cn1ccnc1CN1CCc2c([nH]c3ccccc23)C1. The van der Waals surface area contributed by atoms with Gasteiger partial charge in [0.25, 0.3) is 0 Å². The van der Waals surface area contributed by atoms with Crippen LogP contribution in [-0.4, -0.2) is 26.0 Å². The van der Waals surface area contributed by atoms with Crippen LogP contribution in [0, 0.1) is 0 Å². The first-order chi connectivity index (χ1) is 9.81. The fourth-order valence-electron chi connectivity index (χ4n) is 3.13. The number of aromatic nitrogens is 3. The highest BCUT2D eigenvalue weighted by Crippen LogP contribution is 2.27. The summed E-state index contributed by atoms with van der Waals surface area (Å²) in [6.07, 6.45) is 4.99. The van der Waals surface area contributed by atoms with Crippen LogP contribution in [0.3, 0.4) is 0 Å². The molecule has 0 atom stereocenters. The number of benzene rings is 1. The van der Waals surface area contributed by atoms with Crippen LogP contribution in [0.1, 0.15) is 17.1 Å². The molecule has 0 spiro atoms. The Morgan fingerprint density at radius 2 is 2.20 bits per heavy atom. The molecular weight excluding hydrogens is 248 g/mol. The molecule has 0 aliphatic carbocycles. The third-order valence-electron chi connectivity index (χ3n) is 4.25. The second-order valence-corrected chi connectivity index (χ2v) is 5.54. The number of nitrogens with one attached hydrogen (secondary N) is 1. The lowest BCUT2D eigenvalue weighted by Gasteiger charge is -2.26. The Hall–Kier alpha value is -2.07. The number of H-pyrrole nitrogens is 1. The largest absolute Gasteiger partial charge is 0.357 e. The van der Waals surface area contributed by atoms with Crippen molar-refractivity contribution >= 4 is 10.9 Å². The van der Waals surface area contributed by atoms with Crippen molar-refractivity contribution in [2.75, 3.05) is 6.54 Å². The van der Waals surface area contributed by atoms with Crippen molar-refractivity contribution < 1.29 is 0 Å². The van der Waals surface area contributed by atoms with Gasteiger partial charge in [0.05, 0.1) is 6.54 Å². The van der Waals surface area contributed by atoms with E-state index in [0.29, 0.717) is 0 Å². The van der Waals surface area contributed by atoms with E-state index in [0.717, 1.165) is 31.9 Å². The van der Waals surface area contributed by atoms with Crippen LogP contribution in [0.25, 0.3) is 10.9 Å². The molecule has 0 saturated carbocycles. The summed E-state index contributed by atoms with van der Waals surface area (Å²) >= 11 is 0. The van der Waals surface area contributed by atoms with E-state index in [1.54, 1.807) is 0 Å². The monoisotopic (exact) mass is 266 g/mol. The van der Waals surface area contributed by atoms with Crippen LogP contribution in [0.5, 0.6) is 0 Å². The van der Waals surface area contributed by atoms with Gasteiger partial charge in [0.1, 0.15) is 5.82 Å². The Kier molecular flexibility index (Phi) is 2.63. The van der Waals surface area contributed by atoms with Crippen molar-refractivity contribution in [3.05, 3.63) is 53.7 Å². The Morgan fingerprint density at radius 3 is 3.05 bits per heavy atom. The molecule has 0 bridgehead atoms. The third kappa shape index (κ3) is 1.84. The predicted octanol–water partition coefficient (Wildman–Crippen LogP) is 2.46. The summed E-state index contributed by atoms with van der Waals surface area (Å²) in [6, 6.07) is 8.60. The van der Waals surface area contributed by atoms with Crippen LogP contribution in [-0.2, 0) is 26.6 Å². The van der Waals surface area contributed by atoms with Gasteiger partial charge in [-0.15, -0.1) is 0 Å². The molecule has 1 N–H and O–H groups in total. The summed E-state index contributed by atoms with van der Waals surface area (Å²) in [7, 11) is 2.06. The van der Waals surface area contributed by atoms with E-state index >= 15 is 0 Å². The van der Waals surface area contributed by atoms with Crippen LogP contribution in [0.15, 0.2) is 36.7 Å². The summed E-state index contributed by atoms with van der Waals surface area (Å²) in [5.41, 5.74) is 4.12. The highest BCUT2D eigenvalue weighted by molar-refractivity contribution is 5.84. The van der Waals surface area contributed by atoms with E-state index < -0.39 is 0 Å². The van der Waals surface area contributed by atoms with Gasteiger partial charge in [0.2, 0.25) is 0 Å². The Morgan fingerprint density at radius 1 is 1.30 bits per heavy atom. The van der Waals surface area contributed by atoms with Gasteiger partial charge in [0, 0.05) is 49.1 Å². The van der Waals surface area contributed by atoms with Crippen molar-refractivity contribution in [1.29, 1.82) is 0 Å². The minimum Gasteiger partial charge on any atom is -0.357 e. The molecule has 1 aliphatic rings. The lowest BCUT2D eigenvalue weighted by atomic mass is 10.0. The zero-order valence-electron chi connectivity index (χ0n) is 11.6. The smallest absolute Gasteiger partial charge is 0.122 e.